The van der Waals surface area contributed by atoms with Gasteiger partial charge in [-0.1, -0.05) is 0 Å². The molecule has 2 aromatic heterocycles. The summed E-state index contributed by atoms with van der Waals surface area (Å²) >= 11 is 0. The Morgan fingerprint density at radius 2 is 2.10 bits per heavy atom. The highest BCUT2D eigenvalue weighted by Crippen LogP contribution is 2.30. The molecule has 10 heteroatoms. The lowest BCUT2D eigenvalue weighted by Crippen LogP contribution is -2.36. The minimum absolute atomic E-state index is 0.0511. The average Bonchev–Trinajstić information content (AvgIpc) is 3.59. The van der Waals surface area contributed by atoms with E-state index in [9.17, 15) is 14.9 Å². The molecule has 10 nitrogen and oxygen atoms in total. The Hall–Kier alpha value is -3.89. The van der Waals surface area contributed by atoms with E-state index in [1.165, 1.54) is 18.6 Å². The average molecular weight is 404 g/mol. The van der Waals surface area contributed by atoms with Gasteiger partial charge in [-0.15, -0.1) is 0 Å². The number of carbonyl (C=O) groups is 2. The molecule has 30 heavy (non-hydrogen) atoms. The molecule has 1 atom stereocenters. The van der Waals surface area contributed by atoms with Crippen LogP contribution in [0.15, 0.2) is 24.7 Å². The van der Waals surface area contributed by atoms with Crippen LogP contribution >= 0.6 is 0 Å². The summed E-state index contributed by atoms with van der Waals surface area (Å²) < 4.78 is 0. The smallest absolute Gasteiger partial charge is 0.228 e. The number of anilines is 2. The third kappa shape index (κ3) is 5.34. The Labute approximate surface area is 173 Å². The van der Waals surface area contributed by atoms with Crippen molar-refractivity contribution < 1.29 is 9.59 Å². The number of likely N-dealkylation sites (N-methyl/N-ethyl adjacent to an activating group) is 1. The van der Waals surface area contributed by atoms with Crippen molar-refractivity contribution in [1.82, 2.24) is 19.9 Å². The Morgan fingerprint density at radius 1 is 1.30 bits per heavy atom. The second-order valence-electron chi connectivity index (χ2n) is 7.02. The Morgan fingerprint density at radius 3 is 2.70 bits per heavy atom. The molecule has 1 aliphatic carbocycles. The number of aromatic nitrogens is 3. The molecule has 3 rings (SSSR count). The number of pyridine rings is 1. The molecule has 0 saturated heterocycles. The van der Waals surface area contributed by atoms with E-state index in [2.05, 4.69) is 25.6 Å². The van der Waals surface area contributed by atoms with Gasteiger partial charge in [0.1, 0.15) is 12.4 Å². The molecule has 0 radical (unpaired) electrons. The van der Waals surface area contributed by atoms with Gasteiger partial charge in [0.2, 0.25) is 5.91 Å². The SMILES string of the molecule is CN(CC#N)CC(C=O)Nc1cc(-c2cnc(NC(=O)C3CC3)cn2)cnc1C#N. The third-order valence-corrected chi connectivity index (χ3v) is 4.49. The van der Waals surface area contributed by atoms with Gasteiger partial charge in [-0.3, -0.25) is 14.7 Å². The number of rotatable bonds is 9. The Balaban J connectivity index is 1.76. The standard InChI is InChI=1S/C20H20N8O2/c1-28(5-4-21)11-15(12-29)26-16-6-14(8-23-17(16)7-22)18-9-25-19(10-24-18)27-20(30)13-2-3-13/h6,8-10,12-13,15,26H,2-3,5,11H2,1H3,(H,25,27,30). The van der Waals surface area contributed by atoms with Gasteiger partial charge in [0.05, 0.1) is 42.4 Å². The lowest BCUT2D eigenvalue weighted by Gasteiger charge is -2.20. The fourth-order valence-corrected chi connectivity index (χ4v) is 2.76. The first-order chi connectivity index (χ1) is 14.5. The first-order valence-corrected chi connectivity index (χ1v) is 9.34. The van der Waals surface area contributed by atoms with Crippen molar-refractivity contribution in [3.63, 3.8) is 0 Å². The topological polar surface area (TPSA) is 148 Å². The van der Waals surface area contributed by atoms with E-state index >= 15 is 0 Å². The molecule has 2 heterocycles. The molecule has 152 valence electrons. The number of nitriles is 2. The maximum Gasteiger partial charge on any atom is 0.228 e. The number of aldehydes is 1. The normalized spacial score (nSPS) is 13.7. The zero-order valence-electron chi connectivity index (χ0n) is 16.4. The predicted octanol–water partition coefficient (Wildman–Crippen LogP) is 1.19. The highest BCUT2D eigenvalue weighted by Gasteiger charge is 2.29. The highest BCUT2D eigenvalue weighted by atomic mass is 16.2. The summed E-state index contributed by atoms with van der Waals surface area (Å²) in [5.74, 6) is 0.391. The van der Waals surface area contributed by atoms with Gasteiger partial charge >= 0.3 is 0 Å². The van der Waals surface area contributed by atoms with Crippen LogP contribution in [0.25, 0.3) is 11.3 Å². The number of nitrogens with zero attached hydrogens (tertiary/aromatic N) is 6. The summed E-state index contributed by atoms with van der Waals surface area (Å²) in [6.45, 7) is 0.468. The molecule has 1 aliphatic rings. The zero-order chi connectivity index (χ0) is 21.5. The summed E-state index contributed by atoms with van der Waals surface area (Å²) in [7, 11) is 1.72. The molecule has 1 amide bonds. The third-order valence-electron chi connectivity index (χ3n) is 4.49. The minimum Gasteiger partial charge on any atom is -0.372 e. The summed E-state index contributed by atoms with van der Waals surface area (Å²) in [6, 6.07) is 5.05. The van der Waals surface area contributed by atoms with Crippen LogP contribution in [-0.2, 0) is 9.59 Å². The van der Waals surface area contributed by atoms with E-state index in [-0.39, 0.29) is 24.1 Å². The second kappa shape index (κ2) is 9.54. The highest BCUT2D eigenvalue weighted by molar-refractivity contribution is 5.93. The van der Waals surface area contributed by atoms with Crippen molar-refractivity contribution in [3.8, 4) is 23.4 Å². The van der Waals surface area contributed by atoms with Crippen LogP contribution < -0.4 is 10.6 Å². The monoisotopic (exact) mass is 404 g/mol. The molecule has 0 bridgehead atoms. The maximum atomic E-state index is 11.8. The van der Waals surface area contributed by atoms with Crippen LogP contribution in [0.2, 0.25) is 0 Å². The number of hydrogen-bond donors (Lipinski definition) is 2. The first-order valence-electron chi connectivity index (χ1n) is 9.34. The van der Waals surface area contributed by atoms with Crippen molar-refractivity contribution in [1.29, 1.82) is 10.5 Å². The van der Waals surface area contributed by atoms with Crippen LogP contribution in [0.4, 0.5) is 11.5 Å². The Kier molecular flexibility index (Phi) is 6.63. The molecular formula is C20H20N8O2. The maximum absolute atomic E-state index is 11.8. The van der Waals surface area contributed by atoms with Gasteiger partial charge in [0.25, 0.3) is 0 Å². The van der Waals surface area contributed by atoms with Crippen molar-refractivity contribution in [2.75, 3.05) is 30.8 Å². The molecule has 1 saturated carbocycles. The molecule has 0 aliphatic heterocycles. The van der Waals surface area contributed by atoms with Crippen LogP contribution in [0.3, 0.4) is 0 Å². The number of amides is 1. The molecule has 2 N–H and O–H groups in total. The second-order valence-corrected chi connectivity index (χ2v) is 7.02. The van der Waals surface area contributed by atoms with Crippen molar-refractivity contribution in [2.24, 2.45) is 5.92 Å². The predicted molar refractivity (Wildman–Crippen MR) is 108 cm³/mol. The van der Waals surface area contributed by atoms with Gasteiger partial charge in [-0.05, 0) is 26.0 Å². The molecule has 1 fully saturated rings. The van der Waals surface area contributed by atoms with Crippen LogP contribution in [0.1, 0.15) is 18.5 Å². The molecule has 2 aromatic rings. The summed E-state index contributed by atoms with van der Waals surface area (Å²) in [5.41, 5.74) is 1.61. The number of hydrogen-bond acceptors (Lipinski definition) is 9. The van der Waals surface area contributed by atoms with Crippen molar-refractivity contribution >= 4 is 23.7 Å². The quantitative estimate of drug-likeness (QED) is 0.464. The molecule has 0 aromatic carbocycles. The van der Waals surface area contributed by atoms with Gasteiger partial charge in [0, 0.05) is 24.2 Å². The largest absolute Gasteiger partial charge is 0.372 e. The Bertz CT molecular complexity index is 1000. The van der Waals surface area contributed by atoms with Gasteiger partial charge in [-0.25, -0.2) is 9.97 Å². The van der Waals surface area contributed by atoms with Crippen LogP contribution in [-0.4, -0.2) is 58.2 Å². The van der Waals surface area contributed by atoms with Crippen LogP contribution in [0, 0.1) is 28.6 Å². The lowest BCUT2D eigenvalue weighted by molar-refractivity contribution is -0.117. The van der Waals surface area contributed by atoms with E-state index in [1.54, 1.807) is 18.0 Å². The van der Waals surface area contributed by atoms with Gasteiger partial charge in [-0.2, -0.15) is 10.5 Å². The zero-order valence-corrected chi connectivity index (χ0v) is 16.4. The molecule has 1 unspecified atom stereocenters. The first kappa shape index (κ1) is 20.8. The fourth-order valence-electron chi connectivity index (χ4n) is 2.76. The van der Waals surface area contributed by atoms with Crippen molar-refractivity contribution in [2.45, 2.75) is 18.9 Å². The summed E-state index contributed by atoms with van der Waals surface area (Å²) in [5, 5.41) is 23.8. The van der Waals surface area contributed by atoms with E-state index < -0.39 is 6.04 Å². The molecular weight excluding hydrogens is 384 g/mol. The van der Waals surface area contributed by atoms with Gasteiger partial charge < -0.3 is 15.4 Å². The van der Waals surface area contributed by atoms with Crippen LogP contribution in [0.5, 0.6) is 0 Å². The fraction of sp³-hybridized carbons (Fsp3) is 0.350. The van der Waals surface area contributed by atoms with E-state index in [4.69, 9.17) is 5.26 Å². The number of nitrogens with one attached hydrogen (secondary N) is 2. The van der Waals surface area contributed by atoms with Crippen molar-refractivity contribution in [3.05, 3.63) is 30.4 Å². The van der Waals surface area contributed by atoms with E-state index in [1.807, 2.05) is 12.1 Å². The van der Waals surface area contributed by atoms with E-state index in [0.717, 1.165) is 19.1 Å². The molecule has 0 spiro atoms. The summed E-state index contributed by atoms with van der Waals surface area (Å²) in [6.07, 6.45) is 6.99. The minimum atomic E-state index is -0.626. The number of carbonyl (C=O) groups excluding carboxylic acids is 2. The lowest BCUT2D eigenvalue weighted by atomic mass is 10.1. The van der Waals surface area contributed by atoms with E-state index in [0.29, 0.717) is 29.3 Å². The van der Waals surface area contributed by atoms with Gasteiger partial charge in [0.15, 0.2) is 11.5 Å². The summed E-state index contributed by atoms with van der Waals surface area (Å²) in [4.78, 5) is 37.6.